The Balaban J connectivity index is 1.29. The van der Waals surface area contributed by atoms with E-state index in [9.17, 15) is 13.2 Å². The predicted octanol–water partition coefficient (Wildman–Crippen LogP) is 4.30. The number of alkyl halides is 3. The van der Waals surface area contributed by atoms with E-state index in [1.165, 1.54) is 0 Å². The number of hydrogen-bond donors (Lipinski definition) is 1. The number of halogens is 3. The molecule has 1 N–H and O–H groups in total. The van der Waals surface area contributed by atoms with Gasteiger partial charge in [-0.15, -0.1) is 18.3 Å². The molecule has 7 nitrogen and oxygen atoms in total. The van der Waals surface area contributed by atoms with E-state index < -0.39 is 12.5 Å². The number of nitrogens with zero attached hydrogens (tertiary/aromatic N) is 5. The molecule has 1 aliphatic carbocycles. The number of aromatic nitrogens is 5. The molecular weight excluding hydrogens is 397 g/mol. The maximum absolute atomic E-state index is 12.4. The first-order valence-corrected chi connectivity index (χ1v) is 9.73. The van der Waals surface area contributed by atoms with Crippen LogP contribution in [0.15, 0.2) is 49.2 Å². The van der Waals surface area contributed by atoms with Gasteiger partial charge in [0.05, 0.1) is 17.8 Å². The van der Waals surface area contributed by atoms with Crippen LogP contribution in [0.2, 0.25) is 0 Å². The lowest BCUT2D eigenvalue weighted by molar-refractivity contribution is -0.345. The van der Waals surface area contributed by atoms with E-state index in [0.717, 1.165) is 22.3 Å². The largest absolute Gasteiger partial charge is 0.522 e. The summed E-state index contributed by atoms with van der Waals surface area (Å²) in [6, 6.07) is 5.96. The van der Waals surface area contributed by atoms with Gasteiger partial charge in [-0.05, 0) is 43.9 Å². The Morgan fingerprint density at radius 1 is 1.03 bits per heavy atom. The monoisotopic (exact) mass is 416 g/mol. The van der Waals surface area contributed by atoms with Crippen LogP contribution in [0.4, 0.5) is 19.1 Å². The zero-order chi connectivity index (χ0) is 20.7. The van der Waals surface area contributed by atoms with E-state index in [4.69, 9.17) is 0 Å². The van der Waals surface area contributed by atoms with Gasteiger partial charge in [-0.25, -0.2) is 14.5 Å². The van der Waals surface area contributed by atoms with Crippen molar-refractivity contribution >= 4 is 17.1 Å². The minimum atomic E-state index is -4.58. The average Bonchev–Trinajstić information content (AvgIpc) is 3.34. The Bertz CT molecular complexity index is 1180. The molecule has 0 atom stereocenters. The molecule has 0 aromatic carbocycles. The van der Waals surface area contributed by atoms with Crippen molar-refractivity contribution in [3.63, 3.8) is 0 Å². The molecule has 0 radical (unpaired) electrons. The number of nitrogens with one attached hydrogen (secondary N) is 1. The SMILES string of the molecule is FC(F)(F)O[C@H]1CC[C@@H](Nc2ncc3c(-c4ccc5nccn5c4)ccn3n2)CC1. The zero-order valence-electron chi connectivity index (χ0n) is 15.9. The van der Waals surface area contributed by atoms with Crippen molar-refractivity contribution in [2.45, 2.75) is 44.2 Å². The molecule has 5 rings (SSSR count). The molecule has 1 aliphatic rings. The summed E-state index contributed by atoms with van der Waals surface area (Å²) in [4.78, 5) is 8.67. The highest BCUT2D eigenvalue weighted by Gasteiger charge is 2.35. The van der Waals surface area contributed by atoms with Crippen LogP contribution >= 0.6 is 0 Å². The number of ether oxygens (including phenoxy) is 1. The molecule has 4 aromatic heterocycles. The summed E-state index contributed by atoms with van der Waals surface area (Å²) in [6.07, 6.45) is 5.77. The Hall–Kier alpha value is -3.14. The summed E-state index contributed by atoms with van der Waals surface area (Å²) in [5.74, 6) is 0.454. The third-order valence-electron chi connectivity index (χ3n) is 5.42. The van der Waals surface area contributed by atoms with E-state index in [2.05, 4.69) is 25.1 Å². The van der Waals surface area contributed by atoms with E-state index in [0.29, 0.717) is 31.6 Å². The van der Waals surface area contributed by atoms with Gasteiger partial charge in [0.2, 0.25) is 5.95 Å². The fourth-order valence-electron chi connectivity index (χ4n) is 3.99. The van der Waals surface area contributed by atoms with Gasteiger partial charge in [-0.3, -0.25) is 4.74 Å². The average molecular weight is 416 g/mol. The maximum Gasteiger partial charge on any atom is 0.522 e. The van der Waals surface area contributed by atoms with Crippen molar-refractivity contribution in [1.29, 1.82) is 0 Å². The molecule has 0 amide bonds. The number of rotatable bonds is 4. The van der Waals surface area contributed by atoms with Gasteiger partial charge in [0, 0.05) is 42.0 Å². The van der Waals surface area contributed by atoms with Gasteiger partial charge in [0.15, 0.2) is 0 Å². The summed E-state index contributed by atoms with van der Waals surface area (Å²) in [6.45, 7) is 0. The van der Waals surface area contributed by atoms with Crippen LogP contribution < -0.4 is 5.32 Å². The smallest absolute Gasteiger partial charge is 0.350 e. The highest BCUT2D eigenvalue weighted by Crippen LogP contribution is 2.29. The number of hydrogen-bond acceptors (Lipinski definition) is 5. The summed E-state index contributed by atoms with van der Waals surface area (Å²) >= 11 is 0. The van der Waals surface area contributed by atoms with Crippen molar-refractivity contribution in [1.82, 2.24) is 24.0 Å². The quantitative estimate of drug-likeness (QED) is 0.537. The van der Waals surface area contributed by atoms with Crippen LogP contribution in [0.3, 0.4) is 0 Å². The minimum Gasteiger partial charge on any atom is -0.350 e. The van der Waals surface area contributed by atoms with Gasteiger partial charge in [0.1, 0.15) is 5.65 Å². The van der Waals surface area contributed by atoms with Gasteiger partial charge in [-0.2, -0.15) is 0 Å². The molecule has 10 heteroatoms. The fourth-order valence-corrected chi connectivity index (χ4v) is 3.99. The lowest BCUT2D eigenvalue weighted by Crippen LogP contribution is -2.33. The minimum absolute atomic E-state index is 0.0224. The highest BCUT2D eigenvalue weighted by atomic mass is 19.4. The van der Waals surface area contributed by atoms with Gasteiger partial charge in [0.25, 0.3) is 0 Å². The molecule has 0 unspecified atom stereocenters. The second kappa shape index (κ2) is 7.28. The summed E-state index contributed by atoms with van der Waals surface area (Å²) in [7, 11) is 0. The first-order chi connectivity index (χ1) is 14.4. The molecule has 1 fully saturated rings. The normalized spacial score (nSPS) is 20.1. The number of anilines is 1. The van der Waals surface area contributed by atoms with Crippen LogP contribution in [0, 0.1) is 0 Å². The van der Waals surface area contributed by atoms with E-state index >= 15 is 0 Å². The molecule has 1 saturated carbocycles. The Labute approximate surface area is 169 Å². The zero-order valence-corrected chi connectivity index (χ0v) is 15.9. The standard InChI is InChI=1S/C20H19F3N6O/c21-20(22,23)30-15-4-2-14(3-5-15)26-19-25-11-17-16(7-9-29(17)27-19)13-1-6-18-24-8-10-28(18)12-13/h1,6-12,14-15H,2-5H2,(H,26,27)/t14-,15+. The van der Waals surface area contributed by atoms with Crippen LogP contribution in [-0.4, -0.2) is 42.5 Å². The molecule has 0 aliphatic heterocycles. The molecule has 0 saturated heterocycles. The van der Waals surface area contributed by atoms with Gasteiger partial charge in [-0.1, -0.05) is 0 Å². The third kappa shape index (κ3) is 3.82. The van der Waals surface area contributed by atoms with Crippen molar-refractivity contribution < 1.29 is 17.9 Å². The third-order valence-corrected chi connectivity index (χ3v) is 5.42. The van der Waals surface area contributed by atoms with Crippen molar-refractivity contribution in [2.75, 3.05) is 5.32 Å². The Morgan fingerprint density at radius 3 is 2.67 bits per heavy atom. The summed E-state index contributed by atoms with van der Waals surface area (Å²) in [5, 5.41) is 7.74. The van der Waals surface area contributed by atoms with E-state index in [-0.39, 0.29) is 6.04 Å². The maximum atomic E-state index is 12.4. The second-order valence-electron chi connectivity index (χ2n) is 7.43. The number of pyridine rings is 1. The van der Waals surface area contributed by atoms with Crippen molar-refractivity contribution in [3.05, 3.63) is 49.2 Å². The molecule has 0 spiro atoms. The lowest BCUT2D eigenvalue weighted by atomic mass is 9.93. The summed E-state index contributed by atoms with van der Waals surface area (Å²) in [5.41, 5.74) is 3.76. The molecule has 4 aromatic rings. The Morgan fingerprint density at radius 2 is 1.87 bits per heavy atom. The fraction of sp³-hybridized carbons (Fsp3) is 0.350. The van der Waals surface area contributed by atoms with Crippen LogP contribution in [0.1, 0.15) is 25.7 Å². The van der Waals surface area contributed by atoms with Crippen LogP contribution in [-0.2, 0) is 4.74 Å². The first-order valence-electron chi connectivity index (χ1n) is 9.73. The second-order valence-corrected chi connectivity index (χ2v) is 7.43. The molecular formula is C20H19F3N6O. The van der Waals surface area contributed by atoms with Crippen molar-refractivity contribution in [3.8, 4) is 11.1 Å². The molecule has 0 bridgehead atoms. The number of fused-ring (bicyclic) bond motifs is 2. The topological polar surface area (TPSA) is 68.8 Å². The Kier molecular flexibility index (Phi) is 4.58. The van der Waals surface area contributed by atoms with Crippen LogP contribution in [0.25, 0.3) is 22.3 Å². The molecule has 4 heterocycles. The van der Waals surface area contributed by atoms with Gasteiger partial charge >= 0.3 is 6.36 Å². The molecule has 156 valence electrons. The van der Waals surface area contributed by atoms with Gasteiger partial charge < -0.3 is 9.72 Å². The van der Waals surface area contributed by atoms with E-state index in [1.807, 2.05) is 41.2 Å². The summed E-state index contributed by atoms with van der Waals surface area (Å²) < 4.78 is 44.9. The number of imidazole rings is 1. The predicted molar refractivity (Wildman–Crippen MR) is 104 cm³/mol. The van der Waals surface area contributed by atoms with E-state index in [1.54, 1.807) is 16.9 Å². The van der Waals surface area contributed by atoms with Crippen molar-refractivity contribution in [2.24, 2.45) is 0 Å². The lowest BCUT2D eigenvalue weighted by Gasteiger charge is -2.29. The molecule has 30 heavy (non-hydrogen) atoms. The highest BCUT2D eigenvalue weighted by molar-refractivity contribution is 5.80. The van der Waals surface area contributed by atoms with Crippen LogP contribution in [0.5, 0.6) is 0 Å². The first kappa shape index (κ1) is 18.9.